The van der Waals surface area contributed by atoms with E-state index in [2.05, 4.69) is 26.9 Å². The minimum atomic E-state index is -0.407. The second kappa shape index (κ2) is 22.1. The van der Waals surface area contributed by atoms with E-state index >= 15 is 0 Å². The molecule has 0 aliphatic carbocycles. The van der Waals surface area contributed by atoms with E-state index in [1.807, 2.05) is 6.07 Å². The molecule has 5 aliphatic heterocycles. The molecule has 1 N–H and O–H groups in total. The highest BCUT2D eigenvalue weighted by Gasteiger charge is 2.36. The Morgan fingerprint density at radius 2 is 1.42 bits per heavy atom. The van der Waals surface area contributed by atoms with Crippen molar-refractivity contribution in [1.29, 1.82) is 0 Å². The lowest BCUT2D eigenvalue weighted by molar-refractivity contribution is -0.131. The van der Waals surface area contributed by atoms with E-state index in [1.165, 1.54) is 53.1 Å². The van der Waals surface area contributed by atoms with Crippen molar-refractivity contribution in [2.45, 2.75) is 96.8 Å². The molecule has 0 bridgehead atoms. The molecule has 12 heteroatoms. The van der Waals surface area contributed by atoms with Gasteiger partial charge in [0, 0.05) is 96.2 Å². The van der Waals surface area contributed by atoms with Crippen LogP contribution in [0.2, 0.25) is 0 Å². The molecule has 0 fully saturated rings. The van der Waals surface area contributed by atoms with Gasteiger partial charge in [0.05, 0.1) is 51.8 Å². The number of nitrogens with one attached hydrogen (secondary N) is 1. The Bertz CT molecular complexity index is 2210. The van der Waals surface area contributed by atoms with Gasteiger partial charge in [-0.25, -0.2) is 4.58 Å². The standard InChI is InChI=1S/C50H64ClN3O8/c1-35(55)61-44-17-16-38(50(56)52-19-25-58-27-29-60-31-30-59-28-26-57-24-9-3-2-6-18-51)34-41(44)45-42-32-36-12-4-7-20-53-22-10-14-39(46(36)53)48(42)62-49-40-15-11-23-54-21-8-5-13-37(47(40)54)33-43(45)49/h16-17,32-34H,2-15,18-31H2,1H3/p+1. The summed E-state index contributed by atoms with van der Waals surface area (Å²) in [6.45, 7) is 10.1. The summed E-state index contributed by atoms with van der Waals surface area (Å²) in [7, 11) is 0. The van der Waals surface area contributed by atoms with Gasteiger partial charge < -0.3 is 38.6 Å². The molecule has 3 aromatic rings. The third-order valence-electron chi connectivity index (χ3n) is 12.8. The SMILES string of the molecule is CC(=O)Oc1ccc(C(=O)NCCOCCOCCOCCOCCCCCCCl)cc1C1=c2cc3c4c(c2Oc2c1cc1c5c2CCCN5CCCC1)CCC[N+]=4CCCC3. The summed E-state index contributed by atoms with van der Waals surface area (Å²) in [6.07, 6.45) is 15.1. The fraction of sp³-hybridized carbons (Fsp3) is 0.580. The minimum Gasteiger partial charge on any atom is -0.455 e. The summed E-state index contributed by atoms with van der Waals surface area (Å²) < 4.78 is 38.5. The van der Waals surface area contributed by atoms with Crippen LogP contribution in [0, 0.1) is 0 Å². The van der Waals surface area contributed by atoms with Gasteiger partial charge in [-0.15, -0.1) is 11.6 Å². The van der Waals surface area contributed by atoms with Crippen molar-refractivity contribution in [2.75, 3.05) is 96.4 Å². The van der Waals surface area contributed by atoms with E-state index in [-0.39, 0.29) is 5.91 Å². The highest BCUT2D eigenvalue weighted by molar-refractivity contribution is 6.17. The normalized spacial score (nSPS) is 16.3. The molecular weight excluding hydrogens is 806 g/mol. The van der Waals surface area contributed by atoms with Gasteiger partial charge in [-0.3, -0.25) is 9.59 Å². The average molecular weight is 872 g/mol. The third kappa shape index (κ3) is 10.5. The van der Waals surface area contributed by atoms with E-state index in [1.54, 1.807) is 12.1 Å². The van der Waals surface area contributed by atoms with Gasteiger partial charge in [-0.05, 0) is 100 Å². The minimum absolute atomic E-state index is 0.221. The largest absolute Gasteiger partial charge is 0.455 e. The molecule has 62 heavy (non-hydrogen) atoms. The lowest BCUT2D eigenvalue weighted by atomic mass is 9.83. The number of rotatable bonds is 21. The number of carbonyl (C=O) groups is 2. The van der Waals surface area contributed by atoms with Crippen LogP contribution < -0.4 is 34.8 Å². The van der Waals surface area contributed by atoms with Crippen molar-refractivity contribution >= 4 is 34.7 Å². The molecule has 8 rings (SSSR count). The first kappa shape index (κ1) is 44.6. The fourth-order valence-corrected chi connectivity index (χ4v) is 10.2. The predicted octanol–water partition coefficient (Wildman–Crippen LogP) is 6.42. The number of halogens is 1. The van der Waals surface area contributed by atoms with Crippen molar-refractivity contribution in [3.63, 3.8) is 0 Å². The molecule has 334 valence electrons. The number of hydrogen-bond acceptors (Lipinski definition) is 9. The zero-order valence-corrected chi connectivity index (χ0v) is 37.5. The second-order valence-electron chi connectivity index (χ2n) is 17.2. The predicted molar refractivity (Wildman–Crippen MR) is 242 cm³/mol. The van der Waals surface area contributed by atoms with Crippen LogP contribution in [0.3, 0.4) is 0 Å². The van der Waals surface area contributed by atoms with E-state index in [0.29, 0.717) is 64.1 Å². The van der Waals surface area contributed by atoms with Crippen molar-refractivity contribution in [3.05, 3.63) is 79.9 Å². The highest BCUT2D eigenvalue weighted by atomic mass is 35.5. The third-order valence-corrected chi connectivity index (χ3v) is 13.0. The van der Waals surface area contributed by atoms with Crippen molar-refractivity contribution < 1.29 is 38.0 Å². The summed E-state index contributed by atoms with van der Waals surface area (Å²) in [5.74, 6) is 2.37. The first-order valence-corrected chi connectivity index (χ1v) is 24.0. The monoisotopic (exact) mass is 870 g/mol. The van der Waals surface area contributed by atoms with Crippen LogP contribution in [-0.4, -0.2) is 103 Å². The quantitative estimate of drug-likeness (QED) is 0.0334. The number of fused-ring (bicyclic) bond motifs is 4. The van der Waals surface area contributed by atoms with Crippen molar-refractivity contribution in [2.24, 2.45) is 0 Å². The fourth-order valence-electron chi connectivity index (χ4n) is 9.98. The summed E-state index contributed by atoms with van der Waals surface area (Å²) in [6, 6.07) is 10.1. The molecule has 1 amide bonds. The molecular formula is C50H65ClN3O8+. The molecule has 0 saturated heterocycles. The van der Waals surface area contributed by atoms with E-state index < -0.39 is 5.97 Å². The number of nitrogens with zero attached hydrogens (tertiary/aromatic N) is 2. The topological polar surface area (TPSA) is 108 Å². The number of benzene rings is 3. The molecule has 5 heterocycles. The number of unbranched alkanes of at least 4 members (excludes halogenated alkanes) is 3. The summed E-state index contributed by atoms with van der Waals surface area (Å²) >= 11 is 5.72. The van der Waals surface area contributed by atoms with E-state index in [9.17, 15) is 9.59 Å². The first-order chi connectivity index (χ1) is 30.5. The van der Waals surface area contributed by atoms with Crippen LogP contribution in [0.4, 0.5) is 5.69 Å². The number of hydrogen-bond donors (Lipinski definition) is 1. The number of carbonyl (C=O) groups excluding carboxylic acids is 2. The van der Waals surface area contributed by atoms with Gasteiger partial charge in [-0.2, -0.15) is 0 Å². The Balaban J connectivity index is 0.990. The molecule has 0 unspecified atom stereocenters. The number of esters is 1. The highest BCUT2D eigenvalue weighted by Crippen LogP contribution is 2.49. The molecule has 0 radical (unpaired) electrons. The number of ether oxygens (including phenoxy) is 6. The smallest absolute Gasteiger partial charge is 0.308 e. The summed E-state index contributed by atoms with van der Waals surface area (Å²) in [5, 5.41) is 5.42. The maximum absolute atomic E-state index is 13.9. The second-order valence-corrected chi connectivity index (χ2v) is 17.5. The summed E-state index contributed by atoms with van der Waals surface area (Å²) in [5.41, 5.74) is 9.83. The molecule has 0 atom stereocenters. The van der Waals surface area contributed by atoms with Crippen LogP contribution in [0.1, 0.15) is 115 Å². The lowest BCUT2D eigenvalue weighted by Gasteiger charge is -2.35. The molecule has 3 aromatic carbocycles. The number of aryl methyl sites for hydroxylation is 2. The average Bonchev–Trinajstić information content (AvgIpc) is 3.62. The molecule has 11 nitrogen and oxygen atoms in total. The number of anilines is 1. The first-order valence-electron chi connectivity index (χ1n) is 23.4. The molecule has 5 aliphatic rings. The van der Waals surface area contributed by atoms with Gasteiger partial charge in [0.1, 0.15) is 30.3 Å². The Labute approximate surface area is 371 Å². The summed E-state index contributed by atoms with van der Waals surface area (Å²) in [4.78, 5) is 29.1. The maximum Gasteiger partial charge on any atom is 0.308 e. The zero-order chi connectivity index (χ0) is 42.7. The Morgan fingerprint density at radius 3 is 2.23 bits per heavy atom. The Hall–Kier alpha value is -4.00. The van der Waals surface area contributed by atoms with Gasteiger partial charge >= 0.3 is 5.97 Å². The van der Waals surface area contributed by atoms with Crippen LogP contribution in [0.15, 0.2) is 30.3 Å². The van der Waals surface area contributed by atoms with Crippen molar-refractivity contribution in [1.82, 2.24) is 9.89 Å². The van der Waals surface area contributed by atoms with Gasteiger partial charge in [0.15, 0.2) is 0 Å². The Morgan fingerprint density at radius 1 is 0.710 bits per heavy atom. The van der Waals surface area contributed by atoms with Gasteiger partial charge in [0.2, 0.25) is 5.36 Å². The maximum atomic E-state index is 13.9. The van der Waals surface area contributed by atoms with E-state index in [4.69, 9.17) is 40.0 Å². The lowest BCUT2D eigenvalue weighted by Crippen LogP contribution is -2.41. The van der Waals surface area contributed by atoms with Gasteiger partial charge in [0.25, 0.3) is 5.91 Å². The van der Waals surface area contributed by atoms with Crippen LogP contribution in [-0.2, 0) is 49.4 Å². The number of alkyl halides is 1. The van der Waals surface area contributed by atoms with Gasteiger partial charge in [-0.1, -0.05) is 12.8 Å². The van der Waals surface area contributed by atoms with E-state index in [0.717, 1.165) is 149 Å². The van der Waals surface area contributed by atoms with Crippen molar-refractivity contribution in [3.8, 4) is 17.2 Å². The molecule has 0 saturated carbocycles. The van der Waals surface area contributed by atoms with Crippen LogP contribution in [0.25, 0.3) is 5.57 Å². The number of amides is 1. The van der Waals surface area contributed by atoms with Crippen LogP contribution >= 0.6 is 11.6 Å². The van der Waals surface area contributed by atoms with Crippen LogP contribution in [0.5, 0.6) is 17.2 Å². The molecule has 0 spiro atoms. The zero-order valence-electron chi connectivity index (χ0n) is 36.7. The molecule has 0 aromatic heterocycles. The Kier molecular flexibility index (Phi) is 15.9.